The lowest BCUT2D eigenvalue weighted by molar-refractivity contribution is -0.385. The zero-order chi connectivity index (χ0) is 24.2. The summed E-state index contributed by atoms with van der Waals surface area (Å²) in [6.07, 6.45) is -4.75. The van der Waals surface area contributed by atoms with Crippen molar-refractivity contribution in [1.29, 1.82) is 0 Å². The average Bonchev–Trinajstić information content (AvgIpc) is 2.73. The van der Waals surface area contributed by atoms with Crippen LogP contribution in [0.2, 0.25) is 0 Å². The van der Waals surface area contributed by atoms with E-state index in [1.165, 1.54) is 24.3 Å². The van der Waals surface area contributed by atoms with Gasteiger partial charge in [0.25, 0.3) is 0 Å². The molecule has 3 rings (SSSR count). The molecule has 0 saturated carbocycles. The van der Waals surface area contributed by atoms with Crippen LogP contribution in [0.25, 0.3) is 0 Å². The fraction of sp³-hybridized carbons (Fsp3) is 0.0952. The van der Waals surface area contributed by atoms with Gasteiger partial charge in [0, 0.05) is 12.1 Å². The molecule has 3 aromatic carbocycles. The van der Waals surface area contributed by atoms with Gasteiger partial charge in [-0.2, -0.15) is 13.2 Å². The predicted molar refractivity (Wildman–Crippen MR) is 104 cm³/mol. The molecule has 0 unspecified atom stereocenters. The van der Waals surface area contributed by atoms with Crippen LogP contribution in [-0.2, 0) is 11.0 Å². The van der Waals surface area contributed by atoms with E-state index in [0.717, 1.165) is 24.3 Å². The summed E-state index contributed by atoms with van der Waals surface area (Å²) in [5, 5.41) is 20.1. The van der Waals surface area contributed by atoms with E-state index in [4.69, 9.17) is 19.3 Å². The van der Waals surface area contributed by atoms with Gasteiger partial charge >= 0.3 is 17.8 Å². The number of carboxylic acids is 1. The van der Waals surface area contributed by atoms with E-state index in [9.17, 15) is 32.5 Å². The molecule has 0 spiro atoms. The Kier molecular flexibility index (Phi) is 6.66. The zero-order valence-corrected chi connectivity index (χ0v) is 16.3. The van der Waals surface area contributed by atoms with Crippen LogP contribution in [-0.4, -0.2) is 22.6 Å². The van der Waals surface area contributed by atoms with Gasteiger partial charge in [-0.3, -0.25) is 10.1 Å². The van der Waals surface area contributed by atoms with E-state index < -0.39 is 46.5 Å². The number of carboxylic acid groups (broad SMARTS) is 1. The molecule has 0 saturated heterocycles. The predicted octanol–water partition coefficient (Wildman–Crippen LogP) is 5.80. The number of nitro groups is 1. The summed E-state index contributed by atoms with van der Waals surface area (Å²) in [5.41, 5.74) is -1.72. The fourth-order valence-corrected chi connectivity index (χ4v) is 2.59. The van der Waals surface area contributed by atoms with E-state index in [1.54, 1.807) is 0 Å². The van der Waals surface area contributed by atoms with Crippen molar-refractivity contribution >= 4 is 11.7 Å². The molecule has 0 bridgehead atoms. The molecule has 0 aromatic heterocycles. The first kappa shape index (κ1) is 23.3. The molecule has 0 radical (unpaired) electrons. The van der Waals surface area contributed by atoms with Crippen LogP contribution < -0.4 is 14.2 Å². The SMILES string of the molecule is O=C(O)COc1ccccc1Oc1cc(Oc2ccc(C(F)(F)F)cc2F)ccc1[N+](=O)[O-]. The minimum Gasteiger partial charge on any atom is -0.479 e. The van der Waals surface area contributed by atoms with Crippen LogP contribution in [0.3, 0.4) is 0 Å². The monoisotopic (exact) mass is 467 g/mol. The van der Waals surface area contributed by atoms with Crippen LogP contribution in [0.15, 0.2) is 60.7 Å². The topological polar surface area (TPSA) is 108 Å². The van der Waals surface area contributed by atoms with Crippen LogP contribution in [0.4, 0.5) is 23.2 Å². The van der Waals surface area contributed by atoms with Crippen molar-refractivity contribution in [1.82, 2.24) is 0 Å². The van der Waals surface area contributed by atoms with Crippen LogP contribution in [0, 0.1) is 15.9 Å². The highest BCUT2D eigenvalue weighted by atomic mass is 19.4. The minimum atomic E-state index is -4.75. The van der Waals surface area contributed by atoms with Crippen LogP contribution in [0.1, 0.15) is 5.56 Å². The normalized spacial score (nSPS) is 11.0. The molecule has 0 atom stereocenters. The molecule has 12 heteroatoms. The molecule has 0 aliphatic heterocycles. The molecule has 172 valence electrons. The van der Waals surface area contributed by atoms with Gasteiger partial charge in [0.15, 0.2) is 29.7 Å². The van der Waals surface area contributed by atoms with E-state index in [-0.39, 0.29) is 29.1 Å². The summed E-state index contributed by atoms with van der Waals surface area (Å²) >= 11 is 0. The number of aliphatic carboxylic acids is 1. The number of ether oxygens (including phenoxy) is 3. The standard InChI is InChI=1S/C21H13F4NO7/c22-14-9-12(21(23,24)25)5-8-16(14)32-13-6-7-15(26(29)30)19(10-13)33-18-4-2-1-3-17(18)31-11-20(27)28/h1-10H,11H2,(H,27,28). The highest BCUT2D eigenvalue weighted by Gasteiger charge is 2.31. The number of carbonyl (C=O) groups is 1. The third-order valence-electron chi connectivity index (χ3n) is 4.04. The Balaban J connectivity index is 1.92. The lowest BCUT2D eigenvalue weighted by Crippen LogP contribution is -2.09. The summed E-state index contributed by atoms with van der Waals surface area (Å²) in [7, 11) is 0. The number of nitrogens with zero attached hydrogens (tertiary/aromatic N) is 1. The van der Waals surface area contributed by atoms with Crippen molar-refractivity contribution in [2.24, 2.45) is 0 Å². The lowest BCUT2D eigenvalue weighted by Gasteiger charge is -2.13. The molecule has 0 fully saturated rings. The number of alkyl halides is 3. The van der Waals surface area contributed by atoms with Crippen molar-refractivity contribution < 1.29 is 46.6 Å². The van der Waals surface area contributed by atoms with Crippen molar-refractivity contribution in [3.8, 4) is 28.7 Å². The molecule has 3 aromatic rings. The maximum absolute atomic E-state index is 14.1. The zero-order valence-electron chi connectivity index (χ0n) is 16.3. The largest absolute Gasteiger partial charge is 0.479 e. The van der Waals surface area contributed by atoms with E-state index in [1.807, 2.05) is 0 Å². The first-order valence-electron chi connectivity index (χ1n) is 8.99. The number of hydrogen-bond acceptors (Lipinski definition) is 6. The number of rotatable bonds is 8. The molecule has 0 aliphatic rings. The molecule has 0 aliphatic carbocycles. The van der Waals surface area contributed by atoms with Crippen molar-refractivity contribution in [3.63, 3.8) is 0 Å². The van der Waals surface area contributed by atoms with E-state index in [2.05, 4.69) is 0 Å². The molecular formula is C21H13F4NO7. The highest BCUT2D eigenvalue weighted by Crippen LogP contribution is 2.40. The summed E-state index contributed by atoms with van der Waals surface area (Å²) in [6.45, 7) is -0.696. The maximum atomic E-state index is 14.1. The Morgan fingerprint density at radius 1 is 0.939 bits per heavy atom. The highest BCUT2D eigenvalue weighted by molar-refractivity contribution is 5.68. The number of hydrogen-bond donors (Lipinski definition) is 1. The fourth-order valence-electron chi connectivity index (χ4n) is 2.59. The second-order valence-corrected chi connectivity index (χ2v) is 6.36. The van der Waals surface area contributed by atoms with Gasteiger partial charge in [0.1, 0.15) is 5.75 Å². The second-order valence-electron chi connectivity index (χ2n) is 6.36. The van der Waals surface area contributed by atoms with Gasteiger partial charge in [0.2, 0.25) is 5.75 Å². The van der Waals surface area contributed by atoms with Crippen LogP contribution >= 0.6 is 0 Å². The Hall–Kier alpha value is -4.35. The Labute approximate surface area is 182 Å². The second kappa shape index (κ2) is 9.42. The number of nitro benzene ring substituents is 1. The molecule has 1 N–H and O–H groups in total. The molecule has 8 nitrogen and oxygen atoms in total. The molecule has 33 heavy (non-hydrogen) atoms. The quantitative estimate of drug-likeness (QED) is 0.253. The van der Waals surface area contributed by atoms with E-state index in [0.29, 0.717) is 6.07 Å². The maximum Gasteiger partial charge on any atom is 0.416 e. The number of para-hydroxylation sites is 2. The summed E-state index contributed by atoms with van der Waals surface area (Å²) in [5.74, 6) is -3.71. The van der Waals surface area contributed by atoms with Gasteiger partial charge in [-0.05, 0) is 36.4 Å². The summed E-state index contributed by atoms with van der Waals surface area (Å²) in [6, 6.07) is 10.6. The van der Waals surface area contributed by atoms with Crippen molar-refractivity contribution in [3.05, 3.63) is 82.2 Å². The first-order chi connectivity index (χ1) is 15.5. The minimum absolute atomic E-state index is 0.0192. The molecule has 0 amide bonds. The Morgan fingerprint density at radius 2 is 1.64 bits per heavy atom. The third kappa shape index (κ3) is 5.87. The van der Waals surface area contributed by atoms with Gasteiger partial charge in [-0.1, -0.05) is 12.1 Å². The van der Waals surface area contributed by atoms with E-state index >= 15 is 0 Å². The van der Waals surface area contributed by atoms with Gasteiger partial charge in [-0.15, -0.1) is 0 Å². The number of halogens is 4. The third-order valence-corrected chi connectivity index (χ3v) is 4.04. The van der Waals surface area contributed by atoms with Crippen molar-refractivity contribution in [2.45, 2.75) is 6.18 Å². The Bertz CT molecular complexity index is 1200. The average molecular weight is 467 g/mol. The van der Waals surface area contributed by atoms with Crippen molar-refractivity contribution in [2.75, 3.05) is 6.61 Å². The lowest BCUT2D eigenvalue weighted by atomic mass is 10.2. The molecular weight excluding hydrogens is 454 g/mol. The first-order valence-corrected chi connectivity index (χ1v) is 8.99. The smallest absolute Gasteiger partial charge is 0.416 e. The molecule has 0 heterocycles. The van der Waals surface area contributed by atoms with Gasteiger partial charge in [-0.25, -0.2) is 9.18 Å². The summed E-state index contributed by atoms with van der Waals surface area (Å²) < 4.78 is 68.1. The van der Waals surface area contributed by atoms with Gasteiger partial charge in [0.05, 0.1) is 10.5 Å². The Morgan fingerprint density at radius 3 is 2.24 bits per heavy atom. The van der Waals surface area contributed by atoms with Crippen LogP contribution in [0.5, 0.6) is 28.7 Å². The number of benzene rings is 3. The summed E-state index contributed by atoms with van der Waals surface area (Å²) in [4.78, 5) is 21.4. The van der Waals surface area contributed by atoms with Gasteiger partial charge < -0.3 is 19.3 Å².